The number of nitrogens with one attached hydrogen (secondary N) is 1. The lowest BCUT2D eigenvalue weighted by Crippen LogP contribution is -2.38. The third-order valence-electron chi connectivity index (χ3n) is 1.89. The van der Waals surface area contributed by atoms with Crippen molar-refractivity contribution in [3.8, 4) is 6.07 Å². The van der Waals surface area contributed by atoms with Gasteiger partial charge in [0.15, 0.2) is 5.69 Å². The molecule has 0 spiro atoms. The molecule has 0 fully saturated rings. The lowest BCUT2D eigenvalue weighted by molar-refractivity contribution is -0.140. The zero-order valence-corrected chi connectivity index (χ0v) is 10.3. The second-order valence-electron chi connectivity index (χ2n) is 3.23. The van der Waals surface area contributed by atoms with Crippen LogP contribution in [0.2, 0.25) is 0 Å². The van der Waals surface area contributed by atoms with Gasteiger partial charge in [-0.2, -0.15) is 18.4 Å². The van der Waals surface area contributed by atoms with Gasteiger partial charge >= 0.3 is 6.18 Å². The van der Waals surface area contributed by atoms with Gasteiger partial charge in [-0.25, -0.2) is 4.98 Å². The van der Waals surface area contributed by atoms with E-state index in [1.54, 1.807) is 6.92 Å². The molecule has 1 rings (SSSR count). The minimum Gasteiger partial charge on any atom is -0.273 e. The number of nitrogens with zero attached hydrogens (tertiary/aromatic N) is 3. The molecular formula is C9H9F3N4OS. The Morgan fingerprint density at radius 1 is 1.61 bits per heavy atom. The first kappa shape index (κ1) is 14.2. The minimum absolute atomic E-state index is 0.0966. The molecule has 1 N–H and O–H groups in total. The molecule has 0 aliphatic carbocycles. The van der Waals surface area contributed by atoms with Gasteiger partial charge in [0.05, 0.1) is 0 Å². The van der Waals surface area contributed by atoms with Gasteiger partial charge in [-0.05, 0) is 0 Å². The molecule has 1 heterocycles. The summed E-state index contributed by atoms with van der Waals surface area (Å²) in [6.07, 6.45) is -4.50. The van der Waals surface area contributed by atoms with Crippen molar-refractivity contribution in [3.63, 3.8) is 0 Å². The normalized spacial score (nSPS) is 10.9. The van der Waals surface area contributed by atoms with Crippen LogP contribution in [0.15, 0.2) is 0 Å². The summed E-state index contributed by atoms with van der Waals surface area (Å²) in [7, 11) is 1.35. The summed E-state index contributed by atoms with van der Waals surface area (Å²) in [4.78, 5) is 13.9. The van der Waals surface area contributed by atoms with Crippen molar-refractivity contribution in [2.45, 2.75) is 19.5 Å². The first-order valence-corrected chi connectivity index (χ1v) is 5.62. The lowest BCUT2D eigenvalue weighted by Gasteiger charge is -2.16. The Balaban J connectivity index is 3.03. The monoisotopic (exact) mass is 278 g/mol. The van der Waals surface area contributed by atoms with E-state index >= 15 is 0 Å². The summed E-state index contributed by atoms with van der Waals surface area (Å²) in [6.45, 7) is 1.60. The third kappa shape index (κ3) is 3.10. The second kappa shape index (κ2) is 5.22. The van der Waals surface area contributed by atoms with Gasteiger partial charge in [-0.3, -0.25) is 15.2 Å². The molecule has 0 atom stereocenters. The molecule has 9 heteroatoms. The molecule has 0 radical (unpaired) electrons. The summed E-state index contributed by atoms with van der Waals surface area (Å²) in [6, 6.07) is 1.44. The molecule has 5 nitrogen and oxygen atoms in total. The van der Waals surface area contributed by atoms with Crippen LogP contribution in [0.3, 0.4) is 0 Å². The van der Waals surface area contributed by atoms with Crippen molar-refractivity contribution in [1.29, 1.82) is 5.26 Å². The summed E-state index contributed by atoms with van der Waals surface area (Å²) in [5.74, 6) is -0.361. The van der Waals surface area contributed by atoms with E-state index in [0.29, 0.717) is 11.3 Å². The predicted molar refractivity (Wildman–Crippen MR) is 58.7 cm³/mol. The molecule has 0 aliphatic rings. The fourth-order valence-electron chi connectivity index (χ4n) is 1.03. The number of amides is 1. The van der Waals surface area contributed by atoms with Gasteiger partial charge in [0, 0.05) is 13.5 Å². The average molecular weight is 278 g/mol. The Bertz CT molecular complexity index is 491. The van der Waals surface area contributed by atoms with Gasteiger partial charge < -0.3 is 0 Å². The van der Waals surface area contributed by atoms with Crippen LogP contribution in [-0.4, -0.2) is 17.9 Å². The number of thiazole rings is 1. The number of hydrogen-bond acceptors (Lipinski definition) is 5. The Morgan fingerprint density at radius 2 is 2.22 bits per heavy atom. The molecule has 0 saturated heterocycles. The van der Waals surface area contributed by atoms with Crippen LogP contribution in [-0.2, 0) is 11.0 Å². The number of carbonyl (C=O) groups excluding carboxylic acids is 1. The van der Waals surface area contributed by atoms with E-state index in [4.69, 9.17) is 5.26 Å². The average Bonchev–Trinajstić information content (AvgIpc) is 2.72. The number of alkyl halides is 3. The van der Waals surface area contributed by atoms with Crippen LogP contribution in [0.5, 0.6) is 0 Å². The number of carbonyl (C=O) groups is 1. The van der Waals surface area contributed by atoms with E-state index in [0.717, 1.165) is 5.01 Å². The van der Waals surface area contributed by atoms with Crippen LogP contribution in [0.25, 0.3) is 0 Å². The minimum atomic E-state index is -4.69. The van der Waals surface area contributed by atoms with Crippen LogP contribution in [0.1, 0.15) is 23.9 Å². The topological polar surface area (TPSA) is 69.0 Å². The highest BCUT2D eigenvalue weighted by atomic mass is 32.1. The molecule has 0 bridgehead atoms. The van der Waals surface area contributed by atoms with Crippen molar-refractivity contribution in [2.75, 3.05) is 12.1 Å². The number of hydrogen-bond donors (Lipinski definition) is 1. The fourth-order valence-corrected chi connectivity index (χ4v) is 1.84. The maximum Gasteiger partial charge on any atom is 0.435 e. The van der Waals surface area contributed by atoms with Gasteiger partial charge in [-0.15, -0.1) is 0 Å². The predicted octanol–water partition coefficient (Wildman–Crippen LogP) is 1.91. The summed E-state index contributed by atoms with van der Waals surface area (Å²) >= 11 is 0.566. The quantitative estimate of drug-likeness (QED) is 0.857. The smallest absolute Gasteiger partial charge is 0.273 e. The summed E-state index contributed by atoms with van der Waals surface area (Å²) in [5.41, 5.74) is 1.09. The Kier molecular flexibility index (Phi) is 4.13. The molecule has 0 aromatic carbocycles. The molecule has 0 saturated carbocycles. The Labute approximate surface area is 105 Å². The summed E-state index contributed by atoms with van der Waals surface area (Å²) < 4.78 is 37.6. The number of hydrazine groups is 1. The van der Waals surface area contributed by atoms with Crippen molar-refractivity contribution in [1.82, 2.24) is 10.4 Å². The molecule has 1 aromatic heterocycles. The fraction of sp³-hybridized carbons (Fsp3) is 0.444. The zero-order valence-electron chi connectivity index (χ0n) is 9.50. The first-order chi connectivity index (χ1) is 8.29. The van der Waals surface area contributed by atoms with Crippen LogP contribution < -0.4 is 10.4 Å². The van der Waals surface area contributed by atoms with Crippen molar-refractivity contribution in [3.05, 3.63) is 10.6 Å². The van der Waals surface area contributed by atoms with Crippen molar-refractivity contribution >= 4 is 22.4 Å². The maximum atomic E-state index is 12.5. The Morgan fingerprint density at radius 3 is 2.61 bits per heavy atom. The zero-order chi connectivity index (χ0) is 13.9. The van der Waals surface area contributed by atoms with Crippen molar-refractivity contribution in [2.24, 2.45) is 0 Å². The lowest BCUT2D eigenvalue weighted by atomic mass is 10.4. The van der Waals surface area contributed by atoms with E-state index in [-0.39, 0.29) is 17.5 Å². The third-order valence-corrected chi connectivity index (χ3v) is 2.92. The molecule has 0 aliphatic heterocycles. The molecule has 1 amide bonds. The van der Waals surface area contributed by atoms with E-state index in [1.165, 1.54) is 13.1 Å². The SMILES string of the molecule is CCC(=O)NN(C)c1nc(C(F)(F)F)c(C#N)s1. The number of rotatable bonds is 3. The molecule has 1 aromatic rings. The highest BCUT2D eigenvalue weighted by Crippen LogP contribution is 2.36. The highest BCUT2D eigenvalue weighted by Gasteiger charge is 2.38. The van der Waals surface area contributed by atoms with E-state index < -0.39 is 16.7 Å². The largest absolute Gasteiger partial charge is 0.435 e. The first-order valence-electron chi connectivity index (χ1n) is 4.81. The maximum absolute atomic E-state index is 12.5. The molecule has 98 valence electrons. The van der Waals surface area contributed by atoms with Gasteiger partial charge in [0.1, 0.15) is 10.9 Å². The van der Waals surface area contributed by atoms with Crippen molar-refractivity contribution < 1.29 is 18.0 Å². The summed E-state index contributed by atoms with van der Waals surface area (Å²) in [5, 5.41) is 9.58. The van der Waals surface area contributed by atoms with Crippen LogP contribution in [0.4, 0.5) is 18.3 Å². The molecule has 0 unspecified atom stereocenters. The van der Waals surface area contributed by atoms with Gasteiger partial charge in [0.25, 0.3) is 0 Å². The van der Waals surface area contributed by atoms with Crippen LogP contribution >= 0.6 is 11.3 Å². The highest BCUT2D eigenvalue weighted by molar-refractivity contribution is 7.16. The Hall–Kier alpha value is -1.82. The van der Waals surface area contributed by atoms with E-state index in [9.17, 15) is 18.0 Å². The number of anilines is 1. The van der Waals surface area contributed by atoms with E-state index in [1.807, 2.05) is 0 Å². The number of nitriles is 1. The molecule has 18 heavy (non-hydrogen) atoms. The van der Waals surface area contributed by atoms with Crippen LogP contribution in [0, 0.1) is 11.3 Å². The standard InChI is InChI=1S/C9H9F3N4OS/c1-3-6(17)15-16(2)8-14-7(9(10,11)12)5(4-13)18-8/h3H2,1-2H3,(H,15,17). The van der Waals surface area contributed by atoms with E-state index in [2.05, 4.69) is 10.4 Å². The van der Waals surface area contributed by atoms with Gasteiger partial charge in [-0.1, -0.05) is 18.3 Å². The number of halogens is 3. The van der Waals surface area contributed by atoms with Gasteiger partial charge in [0.2, 0.25) is 11.0 Å². The molecular weight excluding hydrogens is 269 g/mol. The number of aromatic nitrogens is 1. The second-order valence-corrected chi connectivity index (χ2v) is 4.21.